The summed E-state index contributed by atoms with van der Waals surface area (Å²) in [5.74, 6) is 0.138. The molecule has 1 aliphatic rings. The second-order valence-corrected chi connectivity index (χ2v) is 5.57. The topological polar surface area (TPSA) is 49.6 Å². The Morgan fingerprint density at radius 3 is 2.84 bits per heavy atom. The number of nitrogens with zero attached hydrogens (tertiary/aromatic N) is 2. The lowest BCUT2D eigenvalue weighted by Gasteiger charge is -2.35. The molecule has 1 aromatic rings. The van der Waals surface area contributed by atoms with E-state index in [1.54, 1.807) is 4.90 Å². The average Bonchev–Trinajstić information content (AvgIpc) is 2.37. The molecule has 0 saturated carbocycles. The van der Waals surface area contributed by atoms with Crippen molar-refractivity contribution in [1.82, 2.24) is 4.90 Å². The molecule has 104 valence electrons. The largest absolute Gasteiger partial charge is 0.360 e. The summed E-state index contributed by atoms with van der Waals surface area (Å²) in [4.78, 5) is 16.1. The first-order valence-electron chi connectivity index (χ1n) is 6.83. The predicted molar refractivity (Wildman–Crippen MR) is 78.2 cm³/mol. The van der Waals surface area contributed by atoms with Gasteiger partial charge in [0.05, 0.1) is 6.54 Å². The third kappa shape index (κ3) is 3.07. The molecular formula is C15H23N3O. The standard InChI is InChI=1S/C15H23N3O/c1-11(2)17(3)15(19)10-18-9-13(16)8-12-6-4-5-7-14(12)18/h4-7,11,13H,8-10,16H2,1-3H3. The smallest absolute Gasteiger partial charge is 0.242 e. The summed E-state index contributed by atoms with van der Waals surface area (Å²) in [5, 5.41) is 0. The van der Waals surface area contributed by atoms with Crippen molar-refractivity contribution in [3.05, 3.63) is 29.8 Å². The van der Waals surface area contributed by atoms with Crippen molar-refractivity contribution < 1.29 is 4.79 Å². The van der Waals surface area contributed by atoms with Gasteiger partial charge >= 0.3 is 0 Å². The highest BCUT2D eigenvalue weighted by molar-refractivity contribution is 5.82. The number of likely N-dealkylation sites (N-methyl/N-ethyl adjacent to an activating group) is 1. The van der Waals surface area contributed by atoms with Crippen LogP contribution >= 0.6 is 0 Å². The van der Waals surface area contributed by atoms with Crippen LogP contribution in [-0.2, 0) is 11.2 Å². The van der Waals surface area contributed by atoms with E-state index in [9.17, 15) is 4.79 Å². The van der Waals surface area contributed by atoms with Gasteiger partial charge in [0, 0.05) is 31.4 Å². The van der Waals surface area contributed by atoms with Crippen molar-refractivity contribution in [2.75, 3.05) is 25.0 Å². The van der Waals surface area contributed by atoms with E-state index in [0.29, 0.717) is 6.54 Å². The Morgan fingerprint density at radius 1 is 1.47 bits per heavy atom. The zero-order valence-corrected chi connectivity index (χ0v) is 12.0. The Hall–Kier alpha value is -1.55. The second-order valence-electron chi connectivity index (χ2n) is 5.57. The Bertz CT molecular complexity index is 458. The number of benzene rings is 1. The van der Waals surface area contributed by atoms with Gasteiger partial charge in [0.15, 0.2) is 0 Å². The molecule has 1 atom stereocenters. The molecule has 0 bridgehead atoms. The van der Waals surface area contributed by atoms with Gasteiger partial charge < -0.3 is 15.5 Å². The zero-order chi connectivity index (χ0) is 14.0. The van der Waals surface area contributed by atoms with E-state index < -0.39 is 0 Å². The maximum atomic E-state index is 12.2. The highest BCUT2D eigenvalue weighted by atomic mass is 16.2. The van der Waals surface area contributed by atoms with Crippen LogP contribution in [0.1, 0.15) is 19.4 Å². The summed E-state index contributed by atoms with van der Waals surface area (Å²) >= 11 is 0. The van der Waals surface area contributed by atoms with Crippen molar-refractivity contribution in [2.24, 2.45) is 5.73 Å². The SMILES string of the molecule is CC(C)N(C)C(=O)CN1CC(N)Cc2ccccc21. The van der Waals surface area contributed by atoms with E-state index >= 15 is 0 Å². The summed E-state index contributed by atoms with van der Waals surface area (Å²) in [7, 11) is 1.85. The molecule has 19 heavy (non-hydrogen) atoms. The maximum absolute atomic E-state index is 12.2. The molecule has 0 aliphatic carbocycles. The summed E-state index contributed by atoms with van der Waals surface area (Å²) in [6.07, 6.45) is 0.890. The molecule has 1 aliphatic heterocycles. The molecule has 1 heterocycles. The van der Waals surface area contributed by atoms with E-state index in [0.717, 1.165) is 18.7 Å². The fourth-order valence-electron chi connectivity index (χ4n) is 2.43. The van der Waals surface area contributed by atoms with Crippen LogP contribution in [0, 0.1) is 0 Å². The third-order valence-electron chi connectivity index (χ3n) is 3.76. The van der Waals surface area contributed by atoms with Gasteiger partial charge in [-0.15, -0.1) is 0 Å². The molecule has 0 fully saturated rings. The Balaban J connectivity index is 2.15. The van der Waals surface area contributed by atoms with Crippen molar-refractivity contribution in [3.63, 3.8) is 0 Å². The van der Waals surface area contributed by atoms with E-state index in [1.807, 2.05) is 33.0 Å². The molecule has 0 radical (unpaired) electrons. The van der Waals surface area contributed by atoms with Crippen LogP contribution in [-0.4, -0.2) is 43.0 Å². The van der Waals surface area contributed by atoms with Crippen molar-refractivity contribution in [3.8, 4) is 0 Å². The van der Waals surface area contributed by atoms with Crippen LogP contribution < -0.4 is 10.6 Å². The Labute approximate surface area is 115 Å². The minimum atomic E-state index is 0.104. The number of anilines is 1. The molecule has 0 saturated heterocycles. The molecule has 4 nitrogen and oxygen atoms in total. The minimum Gasteiger partial charge on any atom is -0.360 e. The summed E-state index contributed by atoms with van der Waals surface area (Å²) < 4.78 is 0. The lowest BCUT2D eigenvalue weighted by Crippen LogP contribution is -2.48. The lowest BCUT2D eigenvalue weighted by atomic mass is 9.98. The van der Waals surface area contributed by atoms with Crippen LogP contribution in [0.25, 0.3) is 0 Å². The van der Waals surface area contributed by atoms with Gasteiger partial charge in [-0.1, -0.05) is 18.2 Å². The number of carbonyl (C=O) groups excluding carboxylic acids is 1. The maximum Gasteiger partial charge on any atom is 0.242 e. The predicted octanol–water partition coefficient (Wildman–Crippen LogP) is 1.24. The highest BCUT2D eigenvalue weighted by Crippen LogP contribution is 2.26. The molecule has 0 spiro atoms. The molecule has 2 rings (SSSR count). The molecule has 1 unspecified atom stereocenters. The number of rotatable bonds is 3. The van der Waals surface area contributed by atoms with Gasteiger partial charge in [-0.2, -0.15) is 0 Å². The molecular weight excluding hydrogens is 238 g/mol. The number of hydrogen-bond acceptors (Lipinski definition) is 3. The number of carbonyl (C=O) groups is 1. The first-order valence-corrected chi connectivity index (χ1v) is 6.83. The molecule has 2 N–H and O–H groups in total. The van der Waals surface area contributed by atoms with Crippen LogP contribution in [0.4, 0.5) is 5.69 Å². The van der Waals surface area contributed by atoms with Crippen molar-refractivity contribution in [1.29, 1.82) is 0 Å². The monoisotopic (exact) mass is 261 g/mol. The fraction of sp³-hybridized carbons (Fsp3) is 0.533. The van der Waals surface area contributed by atoms with Crippen LogP contribution in [0.3, 0.4) is 0 Å². The number of para-hydroxylation sites is 1. The van der Waals surface area contributed by atoms with Gasteiger partial charge in [-0.05, 0) is 31.9 Å². The summed E-state index contributed by atoms with van der Waals surface area (Å²) in [6.45, 7) is 5.19. The first kappa shape index (κ1) is 13.9. The molecule has 1 aromatic carbocycles. The summed E-state index contributed by atoms with van der Waals surface area (Å²) in [5.41, 5.74) is 8.47. The normalized spacial score (nSPS) is 18.4. The quantitative estimate of drug-likeness (QED) is 0.890. The van der Waals surface area contributed by atoms with Crippen molar-refractivity contribution in [2.45, 2.75) is 32.4 Å². The van der Waals surface area contributed by atoms with E-state index in [-0.39, 0.29) is 18.0 Å². The van der Waals surface area contributed by atoms with Gasteiger partial charge in [-0.25, -0.2) is 0 Å². The average molecular weight is 261 g/mol. The summed E-state index contributed by atoms with van der Waals surface area (Å²) in [6, 6.07) is 8.53. The Kier molecular flexibility index (Phi) is 4.10. The van der Waals surface area contributed by atoms with Gasteiger partial charge in [0.2, 0.25) is 5.91 Å². The van der Waals surface area contributed by atoms with E-state index in [4.69, 9.17) is 5.73 Å². The minimum absolute atomic E-state index is 0.104. The van der Waals surface area contributed by atoms with Crippen LogP contribution in [0.2, 0.25) is 0 Å². The molecule has 4 heteroatoms. The molecule has 0 aromatic heterocycles. The molecule has 1 amide bonds. The van der Waals surface area contributed by atoms with Gasteiger partial charge in [0.1, 0.15) is 0 Å². The van der Waals surface area contributed by atoms with Gasteiger partial charge in [-0.3, -0.25) is 4.79 Å². The second kappa shape index (κ2) is 5.61. The number of fused-ring (bicyclic) bond motifs is 1. The zero-order valence-electron chi connectivity index (χ0n) is 12.0. The van der Waals surface area contributed by atoms with Crippen LogP contribution in [0.15, 0.2) is 24.3 Å². The van der Waals surface area contributed by atoms with Gasteiger partial charge in [0.25, 0.3) is 0 Å². The first-order chi connectivity index (χ1) is 8.99. The van der Waals surface area contributed by atoms with E-state index in [1.165, 1.54) is 5.56 Å². The van der Waals surface area contributed by atoms with E-state index in [2.05, 4.69) is 17.0 Å². The highest BCUT2D eigenvalue weighted by Gasteiger charge is 2.24. The Morgan fingerprint density at radius 2 is 2.16 bits per heavy atom. The number of nitrogens with two attached hydrogens (primary N) is 1. The third-order valence-corrected chi connectivity index (χ3v) is 3.76. The van der Waals surface area contributed by atoms with Crippen LogP contribution in [0.5, 0.6) is 0 Å². The number of amides is 1. The van der Waals surface area contributed by atoms with Crippen molar-refractivity contribution >= 4 is 11.6 Å². The number of hydrogen-bond donors (Lipinski definition) is 1. The lowest BCUT2D eigenvalue weighted by molar-refractivity contribution is -0.129. The fourth-order valence-corrected chi connectivity index (χ4v) is 2.43.